The second kappa shape index (κ2) is 10.5. The molecular formula is C27H30N2O5. The molecule has 2 amide bonds. The maximum atomic E-state index is 12.5. The molecule has 34 heavy (non-hydrogen) atoms. The number of hydrogen-bond acceptors (Lipinski definition) is 4. The van der Waals surface area contributed by atoms with Crippen molar-refractivity contribution in [3.05, 3.63) is 71.3 Å². The van der Waals surface area contributed by atoms with Crippen molar-refractivity contribution in [3.63, 3.8) is 0 Å². The third kappa shape index (κ3) is 5.30. The Morgan fingerprint density at radius 1 is 1.06 bits per heavy atom. The van der Waals surface area contributed by atoms with E-state index in [1.807, 2.05) is 24.3 Å². The lowest BCUT2D eigenvalue weighted by Gasteiger charge is -2.33. The molecule has 0 saturated heterocycles. The number of hydrogen-bond donors (Lipinski definition) is 3. The Balaban J connectivity index is 1.27. The van der Waals surface area contributed by atoms with E-state index >= 15 is 0 Å². The molecule has 1 saturated carbocycles. The van der Waals surface area contributed by atoms with Gasteiger partial charge < -0.3 is 20.5 Å². The van der Waals surface area contributed by atoms with E-state index in [1.54, 1.807) is 13.0 Å². The second-order valence-corrected chi connectivity index (χ2v) is 8.96. The lowest BCUT2D eigenvalue weighted by Crippen LogP contribution is -2.44. The van der Waals surface area contributed by atoms with Crippen LogP contribution < -0.4 is 10.6 Å². The molecule has 0 aromatic heterocycles. The highest BCUT2D eigenvalue weighted by Crippen LogP contribution is 2.44. The zero-order valence-electron chi connectivity index (χ0n) is 19.3. The maximum Gasteiger partial charge on any atom is 0.407 e. The topological polar surface area (TPSA) is 105 Å². The Labute approximate surface area is 199 Å². The van der Waals surface area contributed by atoms with Crippen LogP contribution in [0.5, 0.6) is 0 Å². The average Bonchev–Trinajstić information content (AvgIpc) is 3.09. The minimum Gasteiger partial charge on any atom is -0.481 e. The number of carboxylic acid groups (broad SMARTS) is 1. The molecule has 3 N–H and O–H groups in total. The van der Waals surface area contributed by atoms with Crippen molar-refractivity contribution in [3.8, 4) is 11.1 Å². The number of rotatable bonds is 9. The van der Waals surface area contributed by atoms with E-state index in [2.05, 4.69) is 34.9 Å². The normalized spacial score (nSPS) is 16.1. The summed E-state index contributed by atoms with van der Waals surface area (Å²) in [5, 5.41) is 14.6. The number of aliphatic carboxylic acids is 1. The number of nitrogens with one attached hydrogen (secondary N) is 2. The average molecular weight is 463 g/mol. The van der Waals surface area contributed by atoms with Gasteiger partial charge >= 0.3 is 12.1 Å². The molecule has 1 atom stereocenters. The Morgan fingerprint density at radius 2 is 1.68 bits per heavy atom. The zero-order chi connectivity index (χ0) is 24.1. The molecule has 7 nitrogen and oxygen atoms in total. The van der Waals surface area contributed by atoms with E-state index in [9.17, 15) is 14.4 Å². The van der Waals surface area contributed by atoms with Crippen LogP contribution in [-0.2, 0) is 14.3 Å². The number of carbonyl (C=O) groups excluding carboxylic acids is 2. The number of fused-ring (bicyclic) bond motifs is 3. The summed E-state index contributed by atoms with van der Waals surface area (Å²) in [6, 6.07) is 15.9. The molecule has 2 aromatic rings. The number of alkyl carbamates (subject to hydrolysis) is 1. The van der Waals surface area contributed by atoms with Crippen molar-refractivity contribution in [2.75, 3.05) is 13.2 Å². The first kappa shape index (κ1) is 23.5. The lowest BCUT2D eigenvalue weighted by molar-refractivity contribution is -0.138. The van der Waals surface area contributed by atoms with Crippen molar-refractivity contribution < 1.29 is 24.2 Å². The summed E-state index contributed by atoms with van der Waals surface area (Å²) in [5.41, 5.74) is 5.05. The molecule has 0 spiro atoms. The molecule has 1 fully saturated rings. The molecule has 7 heteroatoms. The van der Waals surface area contributed by atoms with Gasteiger partial charge in [0.2, 0.25) is 5.91 Å². The van der Waals surface area contributed by atoms with Crippen LogP contribution in [0, 0.1) is 5.92 Å². The van der Waals surface area contributed by atoms with Crippen LogP contribution in [0.4, 0.5) is 4.79 Å². The van der Waals surface area contributed by atoms with Gasteiger partial charge in [-0.1, -0.05) is 61.0 Å². The van der Waals surface area contributed by atoms with Gasteiger partial charge in [-0.2, -0.15) is 0 Å². The molecule has 0 radical (unpaired) electrons. The SMILES string of the molecule is C/C(=C\CNC(=O)OCC1c2ccccc2-c2ccccc21)C(=O)NC(CC(=O)O)C1CCC1. The minimum absolute atomic E-state index is 0.0149. The van der Waals surface area contributed by atoms with E-state index in [0.717, 1.165) is 30.4 Å². The highest BCUT2D eigenvalue weighted by atomic mass is 16.5. The molecule has 2 aliphatic carbocycles. The summed E-state index contributed by atoms with van der Waals surface area (Å²) in [7, 11) is 0. The van der Waals surface area contributed by atoms with Gasteiger partial charge in [-0.3, -0.25) is 9.59 Å². The summed E-state index contributed by atoms with van der Waals surface area (Å²) < 4.78 is 5.50. The predicted octanol–water partition coefficient (Wildman–Crippen LogP) is 4.23. The van der Waals surface area contributed by atoms with Crippen LogP contribution in [0.25, 0.3) is 11.1 Å². The van der Waals surface area contributed by atoms with Gasteiger partial charge in [0.05, 0.1) is 6.42 Å². The largest absolute Gasteiger partial charge is 0.481 e. The van der Waals surface area contributed by atoms with Crippen LogP contribution in [0.1, 0.15) is 49.7 Å². The van der Waals surface area contributed by atoms with Crippen LogP contribution in [-0.4, -0.2) is 42.3 Å². The maximum absolute atomic E-state index is 12.5. The molecule has 2 aliphatic rings. The Bertz CT molecular complexity index is 1060. The third-order valence-electron chi connectivity index (χ3n) is 6.79. The van der Waals surface area contributed by atoms with Crippen LogP contribution in [0.2, 0.25) is 0 Å². The summed E-state index contributed by atoms with van der Waals surface area (Å²) in [5.74, 6) is -1.03. The first-order chi connectivity index (χ1) is 16.4. The van der Waals surface area contributed by atoms with Gasteiger partial charge in [-0.25, -0.2) is 4.79 Å². The Morgan fingerprint density at radius 3 is 2.24 bits per heavy atom. The van der Waals surface area contributed by atoms with Gasteiger partial charge in [-0.05, 0) is 47.9 Å². The fourth-order valence-electron chi connectivity index (χ4n) is 4.68. The van der Waals surface area contributed by atoms with Gasteiger partial charge in [0.25, 0.3) is 0 Å². The standard InChI is InChI=1S/C27H30N2O5/c1-17(26(32)29-24(15-25(30)31)18-7-6-8-18)13-14-28-27(33)34-16-23-21-11-4-2-9-19(21)20-10-3-5-12-22(20)23/h2-5,9-13,18,23-24H,6-8,14-16H2,1H3,(H,28,33)(H,29,32)(H,30,31)/b17-13+. The van der Waals surface area contributed by atoms with Crippen LogP contribution in [0.3, 0.4) is 0 Å². The molecule has 2 aromatic carbocycles. The molecule has 0 aliphatic heterocycles. The van der Waals surface area contributed by atoms with Crippen molar-refractivity contribution in [1.29, 1.82) is 0 Å². The highest BCUT2D eigenvalue weighted by molar-refractivity contribution is 5.93. The molecule has 4 rings (SSSR count). The summed E-state index contributed by atoms with van der Waals surface area (Å²) >= 11 is 0. The fraction of sp³-hybridized carbons (Fsp3) is 0.370. The fourth-order valence-corrected chi connectivity index (χ4v) is 4.68. The number of carbonyl (C=O) groups is 3. The van der Waals surface area contributed by atoms with Gasteiger partial charge in [0.1, 0.15) is 6.61 Å². The number of carboxylic acids is 1. The zero-order valence-corrected chi connectivity index (χ0v) is 19.3. The smallest absolute Gasteiger partial charge is 0.407 e. The first-order valence-corrected chi connectivity index (χ1v) is 11.7. The van der Waals surface area contributed by atoms with E-state index in [1.165, 1.54) is 11.1 Å². The van der Waals surface area contributed by atoms with Gasteiger partial charge in [-0.15, -0.1) is 0 Å². The highest BCUT2D eigenvalue weighted by Gasteiger charge is 2.31. The van der Waals surface area contributed by atoms with E-state index in [-0.39, 0.29) is 43.4 Å². The second-order valence-electron chi connectivity index (χ2n) is 8.96. The Kier molecular flexibility index (Phi) is 7.30. The van der Waals surface area contributed by atoms with E-state index < -0.39 is 12.1 Å². The van der Waals surface area contributed by atoms with Crippen LogP contribution >= 0.6 is 0 Å². The van der Waals surface area contributed by atoms with E-state index in [4.69, 9.17) is 9.84 Å². The first-order valence-electron chi connectivity index (χ1n) is 11.7. The number of benzene rings is 2. The van der Waals surface area contributed by atoms with Crippen molar-refractivity contribution in [2.45, 2.75) is 44.6 Å². The molecule has 178 valence electrons. The molecular weight excluding hydrogens is 432 g/mol. The number of ether oxygens (including phenoxy) is 1. The molecule has 0 bridgehead atoms. The van der Waals surface area contributed by atoms with Crippen molar-refractivity contribution in [2.24, 2.45) is 5.92 Å². The summed E-state index contributed by atoms with van der Waals surface area (Å²) in [6.45, 7) is 2.01. The third-order valence-corrected chi connectivity index (χ3v) is 6.79. The summed E-state index contributed by atoms with van der Waals surface area (Å²) in [4.78, 5) is 35.9. The quantitative estimate of drug-likeness (QED) is 0.484. The lowest BCUT2D eigenvalue weighted by atomic mass is 9.78. The number of amides is 2. The van der Waals surface area contributed by atoms with Crippen molar-refractivity contribution >= 4 is 18.0 Å². The predicted molar refractivity (Wildman–Crippen MR) is 128 cm³/mol. The van der Waals surface area contributed by atoms with Gasteiger partial charge in [0, 0.05) is 24.1 Å². The molecule has 0 heterocycles. The molecule has 1 unspecified atom stereocenters. The Hall–Kier alpha value is -3.61. The van der Waals surface area contributed by atoms with E-state index in [0.29, 0.717) is 5.57 Å². The van der Waals surface area contributed by atoms with Crippen molar-refractivity contribution in [1.82, 2.24) is 10.6 Å². The van der Waals surface area contributed by atoms with Crippen LogP contribution in [0.15, 0.2) is 60.2 Å². The monoisotopic (exact) mass is 462 g/mol. The summed E-state index contributed by atoms with van der Waals surface area (Å²) in [6.07, 6.45) is 3.91. The van der Waals surface area contributed by atoms with Gasteiger partial charge in [0.15, 0.2) is 0 Å². The minimum atomic E-state index is -0.921.